The van der Waals surface area contributed by atoms with Crippen LogP contribution >= 0.6 is 11.6 Å². The zero-order valence-electron chi connectivity index (χ0n) is 18.0. The van der Waals surface area contributed by atoms with Crippen molar-refractivity contribution in [3.63, 3.8) is 0 Å². The summed E-state index contributed by atoms with van der Waals surface area (Å²) in [5, 5.41) is 0.176. The SMILES string of the molecule is CCC(=O)Oc1c(Cl)cc(/C=C2\N=C(c3ccc(-c4ccccc4)cc3)OC2=O)cc1OC. The summed E-state index contributed by atoms with van der Waals surface area (Å²) in [4.78, 5) is 28.4. The van der Waals surface area contributed by atoms with E-state index in [2.05, 4.69) is 4.99 Å². The summed E-state index contributed by atoms with van der Waals surface area (Å²) < 4.78 is 15.9. The van der Waals surface area contributed by atoms with E-state index in [1.807, 2.05) is 54.6 Å². The molecular formula is C26H20ClNO5. The lowest BCUT2D eigenvalue weighted by atomic mass is 10.0. The quantitative estimate of drug-likeness (QED) is 0.268. The number of aliphatic imine (C=N–C) groups is 1. The van der Waals surface area contributed by atoms with E-state index in [0.29, 0.717) is 11.1 Å². The highest BCUT2D eigenvalue weighted by Gasteiger charge is 2.25. The van der Waals surface area contributed by atoms with Gasteiger partial charge in [-0.1, -0.05) is 61.0 Å². The number of benzene rings is 3. The van der Waals surface area contributed by atoms with Crippen LogP contribution in [0.3, 0.4) is 0 Å². The van der Waals surface area contributed by atoms with Crippen molar-refractivity contribution in [2.24, 2.45) is 4.99 Å². The lowest BCUT2D eigenvalue weighted by molar-refractivity contribution is -0.134. The first-order valence-corrected chi connectivity index (χ1v) is 10.6. The summed E-state index contributed by atoms with van der Waals surface area (Å²) >= 11 is 6.29. The minimum absolute atomic E-state index is 0.119. The number of ether oxygens (including phenoxy) is 3. The highest BCUT2D eigenvalue weighted by Crippen LogP contribution is 2.37. The van der Waals surface area contributed by atoms with Crippen LogP contribution < -0.4 is 9.47 Å². The summed E-state index contributed by atoms with van der Waals surface area (Å²) in [6.07, 6.45) is 1.73. The molecule has 0 radical (unpaired) electrons. The monoisotopic (exact) mass is 461 g/mol. The lowest BCUT2D eigenvalue weighted by Gasteiger charge is -2.11. The largest absolute Gasteiger partial charge is 0.493 e. The molecular weight excluding hydrogens is 442 g/mol. The van der Waals surface area contributed by atoms with Gasteiger partial charge in [0.15, 0.2) is 17.2 Å². The molecule has 0 aromatic heterocycles. The van der Waals surface area contributed by atoms with Crippen molar-refractivity contribution in [2.75, 3.05) is 7.11 Å². The van der Waals surface area contributed by atoms with Crippen LogP contribution in [0.15, 0.2) is 77.4 Å². The van der Waals surface area contributed by atoms with Crippen molar-refractivity contribution in [3.8, 4) is 22.6 Å². The summed E-state index contributed by atoms with van der Waals surface area (Å²) in [5.74, 6) is -0.396. The van der Waals surface area contributed by atoms with Crippen LogP contribution in [0.1, 0.15) is 24.5 Å². The smallest absolute Gasteiger partial charge is 0.363 e. The zero-order valence-corrected chi connectivity index (χ0v) is 18.8. The van der Waals surface area contributed by atoms with Gasteiger partial charge in [0.05, 0.1) is 12.1 Å². The Morgan fingerprint density at radius 3 is 2.36 bits per heavy atom. The molecule has 0 fully saturated rings. The molecule has 1 heterocycles. The molecule has 1 aliphatic rings. The van der Waals surface area contributed by atoms with Gasteiger partial charge < -0.3 is 14.2 Å². The van der Waals surface area contributed by atoms with E-state index in [1.165, 1.54) is 13.2 Å². The standard InChI is InChI=1S/C26H20ClNO5/c1-3-23(29)32-24-20(27)13-16(15-22(24)31-2)14-21-26(30)33-25(28-21)19-11-9-18(10-12-19)17-7-5-4-6-8-17/h4-15H,3H2,1-2H3/b21-14-. The Kier molecular flexibility index (Phi) is 6.56. The second-order valence-electron chi connectivity index (χ2n) is 7.14. The minimum Gasteiger partial charge on any atom is -0.493 e. The highest BCUT2D eigenvalue weighted by molar-refractivity contribution is 6.32. The zero-order chi connectivity index (χ0) is 23.4. The summed E-state index contributed by atoms with van der Waals surface area (Å²) in [6, 6.07) is 20.7. The van der Waals surface area contributed by atoms with Crippen LogP contribution in [0.25, 0.3) is 17.2 Å². The van der Waals surface area contributed by atoms with Gasteiger partial charge in [-0.25, -0.2) is 9.79 Å². The van der Waals surface area contributed by atoms with Gasteiger partial charge in [0.25, 0.3) is 0 Å². The molecule has 6 nitrogen and oxygen atoms in total. The summed E-state index contributed by atoms with van der Waals surface area (Å²) in [5.41, 5.74) is 3.49. The number of methoxy groups -OCH3 is 1. The molecule has 1 aliphatic heterocycles. The van der Waals surface area contributed by atoms with Gasteiger partial charge in [-0.2, -0.15) is 0 Å². The van der Waals surface area contributed by atoms with E-state index in [4.69, 9.17) is 25.8 Å². The Hall–Kier alpha value is -3.90. The number of halogens is 1. The summed E-state index contributed by atoms with van der Waals surface area (Å²) in [7, 11) is 1.44. The number of hydrogen-bond acceptors (Lipinski definition) is 6. The maximum Gasteiger partial charge on any atom is 0.363 e. The fourth-order valence-corrected chi connectivity index (χ4v) is 3.49. The fraction of sp³-hybridized carbons (Fsp3) is 0.115. The Labute approximate surface area is 196 Å². The van der Waals surface area contributed by atoms with E-state index >= 15 is 0 Å². The van der Waals surface area contributed by atoms with E-state index in [9.17, 15) is 9.59 Å². The molecule has 33 heavy (non-hydrogen) atoms. The molecule has 0 amide bonds. The molecule has 3 aromatic rings. The second-order valence-corrected chi connectivity index (χ2v) is 7.55. The number of cyclic esters (lactones) is 1. The van der Waals surface area contributed by atoms with Gasteiger partial charge in [-0.3, -0.25) is 4.79 Å². The molecule has 0 atom stereocenters. The lowest BCUT2D eigenvalue weighted by Crippen LogP contribution is -2.07. The first kappa shape index (κ1) is 22.3. The van der Waals surface area contributed by atoms with Crippen molar-refractivity contribution < 1.29 is 23.8 Å². The average Bonchev–Trinajstić information content (AvgIpc) is 3.21. The van der Waals surface area contributed by atoms with Crippen molar-refractivity contribution in [1.82, 2.24) is 0 Å². The summed E-state index contributed by atoms with van der Waals surface area (Å²) in [6.45, 7) is 1.68. The number of carbonyl (C=O) groups excluding carboxylic acids is 2. The third-order valence-corrected chi connectivity index (χ3v) is 5.20. The van der Waals surface area contributed by atoms with Crippen LogP contribution in [0.4, 0.5) is 0 Å². The first-order valence-electron chi connectivity index (χ1n) is 10.2. The second kappa shape index (κ2) is 9.71. The molecule has 0 bridgehead atoms. The normalized spacial score (nSPS) is 14.1. The Morgan fingerprint density at radius 2 is 1.70 bits per heavy atom. The Morgan fingerprint density at radius 1 is 1.03 bits per heavy atom. The van der Waals surface area contributed by atoms with Crippen molar-refractivity contribution in [2.45, 2.75) is 13.3 Å². The average molecular weight is 462 g/mol. The van der Waals surface area contributed by atoms with E-state index in [0.717, 1.165) is 11.1 Å². The van der Waals surface area contributed by atoms with Gasteiger partial charge in [-0.05, 0) is 47.0 Å². The third kappa shape index (κ3) is 4.96. The van der Waals surface area contributed by atoms with E-state index < -0.39 is 11.9 Å². The van der Waals surface area contributed by atoms with E-state index in [-0.39, 0.29) is 34.5 Å². The number of nitrogens with zero attached hydrogens (tertiary/aromatic N) is 1. The topological polar surface area (TPSA) is 74.2 Å². The molecule has 0 spiro atoms. The van der Waals surface area contributed by atoms with Gasteiger partial charge in [0.1, 0.15) is 0 Å². The van der Waals surface area contributed by atoms with Crippen molar-refractivity contribution in [3.05, 3.63) is 88.6 Å². The Balaban J connectivity index is 1.60. The molecule has 0 unspecified atom stereocenters. The molecule has 0 saturated heterocycles. The third-order valence-electron chi connectivity index (χ3n) is 4.92. The van der Waals surface area contributed by atoms with Gasteiger partial charge >= 0.3 is 11.9 Å². The van der Waals surface area contributed by atoms with Crippen LogP contribution in [-0.2, 0) is 14.3 Å². The fourth-order valence-electron chi connectivity index (χ4n) is 3.23. The van der Waals surface area contributed by atoms with Crippen LogP contribution in [0, 0.1) is 0 Å². The number of esters is 2. The van der Waals surface area contributed by atoms with Gasteiger partial charge in [0, 0.05) is 12.0 Å². The first-order chi connectivity index (χ1) is 16.0. The predicted octanol–water partition coefficient (Wildman–Crippen LogP) is 5.68. The van der Waals surface area contributed by atoms with Gasteiger partial charge in [-0.15, -0.1) is 0 Å². The molecule has 7 heteroatoms. The molecule has 0 saturated carbocycles. The van der Waals surface area contributed by atoms with Crippen molar-refractivity contribution >= 4 is 35.5 Å². The number of rotatable bonds is 6. The van der Waals surface area contributed by atoms with Crippen LogP contribution in [0.2, 0.25) is 5.02 Å². The molecule has 0 aliphatic carbocycles. The maximum atomic E-state index is 12.4. The Bertz CT molecular complexity index is 1260. The number of carbonyl (C=O) groups is 2. The van der Waals surface area contributed by atoms with Gasteiger partial charge in [0.2, 0.25) is 5.90 Å². The minimum atomic E-state index is -0.575. The van der Waals surface area contributed by atoms with Crippen LogP contribution in [0.5, 0.6) is 11.5 Å². The van der Waals surface area contributed by atoms with E-state index in [1.54, 1.807) is 19.1 Å². The molecule has 166 valence electrons. The van der Waals surface area contributed by atoms with Crippen molar-refractivity contribution in [1.29, 1.82) is 0 Å². The maximum absolute atomic E-state index is 12.4. The molecule has 3 aromatic carbocycles. The number of hydrogen-bond donors (Lipinski definition) is 0. The molecule has 4 rings (SSSR count). The van der Waals surface area contributed by atoms with Crippen LogP contribution in [-0.4, -0.2) is 24.9 Å². The highest BCUT2D eigenvalue weighted by atomic mass is 35.5. The molecule has 0 N–H and O–H groups in total. The predicted molar refractivity (Wildman–Crippen MR) is 126 cm³/mol.